The van der Waals surface area contributed by atoms with E-state index in [1.54, 1.807) is 54.3 Å². The van der Waals surface area contributed by atoms with Crippen molar-refractivity contribution in [2.45, 2.75) is 45.7 Å². The third-order valence-corrected chi connectivity index (χ3v) is 5.66. The second kappa shape index (κ2) is 12.8. The third-order valence-electron chi connectivity index (χ3n) is 4.67. The van der Waals surface area contributed by atoms with Crippen molar-refractivity contribution in [1.82, 2.24) is 10.2 Å². The topological polar surface area (TPSA) is 58.6 Å². The summed E-state index contributed by atoms with van der Waals surface area (Å²) in [6, 6.07) is 11.6. The van der Waals surface area contributed by atoms with Crippen LogP contribution >= 0.6 is 34.8 Å². The minimum atomic E-state index is -0.620. The molecule has 2 aromatic rings. The Balaban J connectivity index is 2.01. The van der Waals surface area contributed by atoms with Crippen molar-refractivity contribution in [3.8, 4) is 5.75 Å². The van der Waals surface area contributed by atoms with E-state index in [0.717, 1.165) is 12.0 Å². The van der Waals surface area contributed by atoms with Gasteiger partial charge in [-0.2, -0.15) is 0 Å². The average Bonchev–Trinajstić information content (AvgIpc) is 2.76. The van der Waals surface area contributed by atoms with E-state index in [4.69, 9.17) is 39.5 Å². The van der Waals surface area contributed by atoms with Gasteiger partial charge in [-0.3, -0.25) is 9.59 Å². The van der Waals surface area contributed by atoms with E-state index < -0.39 is 6.04 Å². The van der Waals surface area contributed by atoms with Crippen LogP contribution in [0.25, 0.3) is 0 Å². The van der Waals surface area contributed by atoms with E-state index in [1.807, 2.05) is 6.92 Å². The fourth-order valence-corrected chi connectivity index (χ4v) is 3.35. The molecule has 0 saturated heterocycles. The van der Waals surface area contributed by atoms with Crippen LogP contribution in [0.5, 0.6) is 5.75 Å². The molecule has 31 heavy (non-hydrogen) atoms. The fourth-order valence-electron chi connectivity index (χ4n) is 2.90. The molecule has 8 heteroatoms. The third kappa shape index (κ3) is 8.24. The highest BCUT2D eigenvalue weighted by Gasteiger charge is 2.25. The minimum absolute atomic E-state index is 0.134. The maximum atomic E-state index is 13.0. The lowest BCUT2D eigenvalue weighted by Crippen LogP contribution is -2.47. The van der Waals surface area contributed by atoms with E-state index in [1.165, 1.54) is 0 Å². The Bertz CT molecular complexity index is 875. The van der Waals surface area contributed by atoms with Gasteiger partial charge in [-0.25, -0.2) is 0 Å². The summed E-state index contributed by atoms with van der Waals surface area (Å²) in [7, 11) is 0. The van der Waals surface area contributed by atoms with Crippen LogP contribution in [-0.2, 0) is 16.1 Å². The monoisotopic (exact) mass is 484 g/mol. The summed E-state index contributed by atoms with van der Waals surface area (Å²) in [6.07, 6.45) is 1.59. The minimum Gasteiger partial charge on any atom is -0.494 e. The summed E-state index contributed by atoms with van der Waals surface area (Å²) in [5.41, 5.74) is 0.801. The molecular formula is C23H27Cl3N2O3. The van der Waals surface area contributed by atoms with Crippen molar-refractivity contribution >= 4 is 46.6 Å². The van der Waals surface area contributed by atoms with Crippen molar-refractivity contribution < 1.29 is 14.3 Å². The van der Waals surface area contributed by atoms with Crippen LogP contribution < -0.4 is 10.1 Å². The Morgan fingerprint density at radius 2 is 1.77 bits per heavy atom. The van der Waals surface area contributed by atoms with E-state index in [-0.39, 0.29) is 24.8 Å². The van der Waals surface area contributed by atoms with Crippen molar-refractivity contribution in [2.24, 2.45) is 0 Å². The van der Waals surface area contributed by atoms with Gasteiger partial charge in [0, 0.05) is 24.5 Å². The maximum Gasteiger partial charge on any atom is 0.242 e. The molecule has 168 valence electrons. The Kier molecular flexibility index (Phi) is 10.4. The van der Waals surface area contributed by atoms with Crippen LogP contribution in [0.1, 0.15) is 38.7 Å². The van der Waals surface area contributed by atoms with Crippen molar-refractivity contribution in [1.29, 1.82) is 0 Å². The summed E-state index contributed by atoms with van der Waals surface area (Å²) in [4.78, 5) is 27.1. The van der Waals surface area contributed by atoms with Gasteiger partial charge in [0.25, 0.3) is 0 Å². The first-order chi connectivity index (χ1) is 14.8. The molecule has 1 N–H and O–H groups in total. The molecular weight excluding hydrogens is 459 g/mol. The zero-order valence-corrected chi connectivity index (χ0v) is 19.9. The van der Waals surface area contributed by atoms with Gasteiger partial charge in [0.15, 0.2) is 0 Å². The zero-order chi connectivity index (χ0) is 22.8. The molecule has 0 aliphatic rings. The molecule has 0 aromatic heterocycles. The SMILES string of the molecule is CCCNC(=O)[C@H](C)N(Cc1ccc(Cl)c(Cl)c1)C(=O)CCCOc1ccc(Cl)cc1. The molecule has 2 amide bonds. The molecule has 0 unspecified atom stereocenters. The zero-order valence-electron chi connectivity index (χ0n) is 17.7. The highest BCUT2D eigenvalue weighted by Crippen LogP contribution is 2.24. The molecule has 0 aliphatic heterocycles. The second-order valence-corrected chi connectivity index (χ2v) is 8.39. The smallest absolute Gasteiger partial charge is 0.242 e. The van der Waals surface area contributed by atoms with E-state index in [9.17, 15) is 9.59 Å². The first-order valence-electron chi connectivity index (χ1n) is 10.2. The first-order valence-corrected chi connectivity index (χ1v) is 11.3. The Hall–Kier alpha value is -1.95. The van der Waals surface area contributed by atoms with Crippen molar-refractivity contribution in [3.63, 3.8) is 0 Å². The fraction of sp³-hybridized carbons (Fsp3) is 0.391. The number of halogens is 3. The van der Waals surface area contributed by atoms with E-state index in [2.05, 4.69) is 5.32 Å². The van der Waals surface area contributed by atoms with Crippen molar-refractivity contribution in [3.05, 3.63) is 63.1 Å². The number of nitrogens with one attached hydrogen (secondary N) is 1. The van der Waals surface area contributed by atoms with Crippen LogP contribution in [0.15, 0.2) is 42.5 Å². The molecule has 0 fully saturated rings. The second-order valence-electron chi connectivity index (χ2n) is 7.14. The van der Waals surface area contributed by atoms with Gasteiger partial charge in [-0.05, 0) is 61.7 Å². The highest BCUT2D eigenvalue weighted by molar-refractivity contribution is 6.42. The number of amides is 2. The highest BCUT2D eigenvalue weighted by atomic mass is 35.5. The Morgan fingerprint density at radius 1 is 1.06 bits per heavy atom. The van der Waals surface area contributed by atoms with Crippen LogP contribution in [0.3, 0.4) is 0 Å². The lowest BCUT2D eigenvalue weighted by atomic mass is 10.1. The van der Waals surface area contributed by atoms with Gasteiger partial charge in [0.1, 0.15) is 11.8 Å². The molecule has 0 heterocycles. The number of rotatable bonds is 11. The number of hydrogen-bond acceptors (Lipinski definition) is 3. The van der Waals surface area contributed by atoms with Crippen LogP contribution in [-0.4, -0.2) is 35.9 Å². The van der Waals surface area contributed by atoms with Crippen LogP contribution in [0, 0.1) is 0 Å². The molecule has 0 aliphatic carbocycles. The lowest BCUT2D eigenvalue weighted by molar-refractivity contribution is -0.140. The number of ether oxygens (including phenoxy) is 1. The van der Waals surface area contributed by atoms with Crippen LogP contribution in [0.4, 0.5) is 0 Å². The van der Waals surface area contributed by atoms with E-state index in [0.29, 0.717) is 40.4 Å². The number of carbonyl (C=O) groups excluding carboxylic acids is 2. The van der Waals surface area contributed by atoms with Gasteiger partial charge in [-0.15, -0.1) is 0 Å². The number of benzene rings is 2. The average molecular weight is 486 g/mol. The van der Waals surface area contributed by atoms with Gasteiger partial charge in [0.2, 0.25) is 11.8 Å². The number of hydrogen-bond donors (Lipinski definition) is 1. The van der Waals surface area contributed by atoms with Gasteiger partial charge < -0.3 is 15.0 Å². The molecule has 2 rings (SSSR count). The van der Waals surface area contributed by atoms with Gasteiger partial charge in [-0.1, -0.05) is 47.8 Å². The van der Waals surface area contributed by atoms with Crippen LogP contribution in [0.2, 0.25) is 15.1 Å². The largest absolute Gasteiger partial charge is 0.494 e. The van der Waals surface area contributed by atoms with E-state index >= 15 is 0 Å². The molecule has 5 nitrogen and oxygen atoms in total. The molecule has 1 atom stereocenters. The van der Waals surface area contributed by atoms with Gasteiger partial charge in [0.05, 0.1) is 16.7 Å². The summed E-state index contributed by atoms with van der Waals surface area (Å²) < 4.78 is 5.66. The van der Waals surface area contributed by atoms with Gasteiger partial charge >= 0.3 is 0 Å². The standard InChI is InChI=1S/C23H27Cl3N2O3/c1-3-12-27-23(30)16(2)28(15-17-6-11-20(25)21(26)14-17)22(29)5-4-13-31-19-9-7-18(24)8-10-19/h6-11,14,16H,3-5,12-13,15H2,1-2H3,(H,27,30)/t16-/m0/s1. The summed E-state index contributed by atoms with van der Waals surface area (Å²) in [5.74, 6) is 0.370. The first kappa shape index (κ1) is 25.3. The molecule has 0 spiro atoms. The quantitative estimate of drug-likeness (QED) is 0.412. The summed E-state index contributed by atoms with van der Waals surface area (Å²) in [6.45, 7) is 4.90. The van der Waals surface area contributed by atoms with Crippen molar-refractivity contribution in [2.75, 3.05) is 13.2 Å². The lowest BCUT2D eigenvalue weighted by Gasteiger charge is -2.29. The molecule has 2 aromatic carbocycles. The predicted molar refractivity (Wildman–Crippen MR) is 126 cm³/mol. The molecule has 0 radical (unpaired) electrons. The summed E-state index contributed by atoms with van der Waals surface area (Å²) in [5, 5.41) is 4.34. The molecule has 0 saturated carbocycles. The maximum absolute atomic E-state index is 13.0. The Morgan fingerprint density at radius 3 is 2.42 bits per heavy atom. The normalized spacial score (nSPS) is 11.6. The summed E-state index contributed by atoms with van der Waals surface area (Å²) >= 11 is 18.0. The predicted octanol–water partition coefficient (Wildman–Crippen LogP) is 5.75. The number of nitrogens with zero attached hydrogens (tertiary/aromatic N) is 1. The molecule has 0 bridgehead atoms. The number of carbonyl (C=O) groups is 2. The Labute approximate surface area is 198 Å².